The van der Waals surface area contributed by atoms with Crippen LogP contribution in [0, 0.1) is 0 Å². The number of hydrogen-bond donors (Lipinski definition) is 0. The second-order valence-electron chi connectivity index (χ2n) is 5.73. The van der Waals surface area contributed by atoms with Gasteiger partial charge in [0.05, 0.1) is 0 Å². The Bertz CT molecular complexity index is 537. The van der Waals surface area contributed by atoms with Crippen LogP contribution >= 0.6 is 0 Å². The van der Waals surface area contributed by atoms with E-state index < -0.39 is 0 Å². The summed E-state index contributed by atoms with van der Waals surface area (Å²) in [4.78, 5) is 2.01. The fourth-order valence-corrected chi connectivity index (χ4v) is 1.63. The smallest absolute Gasteiger partial charge is 0.0386 e. The molecule has 0 spiro atoms. The van der Waals surface area contributed by atoms with Crippen molar-refractivity contribution < 1.29 is 0 Å². The number of nitrogens with zero attached hydrogens (tertiary/aromatic N) is 1. The molecule has 0 aromatic carbocycles. The molecule has 0 saturated heterocycles. The highest BCUT2D eigenvalue weighted by atomic mass is 15.1. The molecule has 0 aromatic heterocycles. The number of hydrogen-bond acceptors (Lipinski definition) is 1. The molecule has 0 amide bonds. The summed E-state index contributed by atoms with van der Waals surface area (Å²) in [6.07, 6.45) is 11.9. The average molecular weight is 295 g/mol. The molecular formula is C21H29N. The SMILES string of the molecule is C=C(C)/C=C\C(=C)N(C(=C)/C=C\C(=C)C)/C(C)=C/C=C(C)C. The van der Waals surface area contributed by atoms with Gasteiger partial charge in [-0.15, -0.1) is 0 Å². The Morgan fingerprint density at radius 3 is 1.36 bits per heavy atom. The minimum absolute atomic E-state index is 0.843. The van der Waals surface area contributed by atoms with E-state index in [0.717, 1.165) is 28.2 Å². The van der Waals surface area contributed by atoms with Crippen molar-refractivity contribution in [3.63, 3.8) is 0 Å². The summed E-state index contributed by atoms with van der Waals surface area (Å²) in [5.41, 5.74) is 5.94. The van der Waals surface area contributed by atoms with Crippen molar-refractivity contribution in [2.75, 3.05) is 0 Å². The molecule has 0 aliphatic rings. The van der Waals surface area contributed by atoms with E-state index in [1.54, 1.807) is 0 Å². The van der Waals surface area contributed by atoms with Crippen LogP contribution in [0.15, 0.2) is 96.6 Å². The van der Waals surface area contributed by atoms with Crippen LogP contribution in [0.4, 0.5) is 0 Å². The third-order valence-electron chi connectivity index (χ3n) is 2.71. The molecule has 0 N–H and O–H groups in total. The molecule has 0 aliphatic carbocycles. The molecule has 0 unspecified atom stereocenters. The molecule has 1 nitrogen and oxygen atoms in total. The monoisotopic (exact) mass is 295 g/mol. The molecule has 22 heavy (non-hydrogen) atoms. The highest BCUT2D eigenvalue weighted by Gasteiger charge is 2.09. The van der Waals surface area contributed by atoms with Gasteiger partial charge in [-0.1, -0.05) is 61.3 Å². The molecule has 1 heteroatoms. The van der Waals surface area contributed by atoms with Crippen molar-refractivity contribution in [2.24, 2.45) is 0 Å². The molecule has 0 bridgehead atoms. The van der Waals surface area contributed by atoms with Crippen molar-refractivity contribution in [2.45, 2.75) is 34.6 Å². The van der Waals surface area contributed by atoms with Crippen molar-refractivity contribution in [3.8, 4) is 0 Å². The number of rotatable bonds is 8. The first-order valence-corrected chi connectivity index (χ1v) is 7.32. The fourth-order valence-electron chi connectivity index (χ4n) is 1.63. The van der Waals surface area contributed by atoms with Gasteiger partial charge in [0.2, 0.25) is 0 Å². The topological polar surface area (TPSA) is 3.24 Å². The van der Waals surface area contributed by atoms with E-state index in [2.05, 4.69) is 52.3 Å². The van der Waals surface area contributed by atoms with Gasteiger partial charge >= 0.3 is 0 Å². The zero-order valence-electron chi connectivity index (χ0n) is 14.7. The molecule has 0 radical (unpaired) electrons. The second-order valence-corrected chi connectivity index (χ2v) is 5.73. The first-order valence-electron chi connectivity index (χ1n) is 7.32. The Labute approximate surface area is 136 Å². The first kappa shape index (κ1) is 19.7. The molecule has 0 aliphatic heterocycles. The molecule has 0 atom stereocenters. The minimum atomic E-state index is 0.843. The molecule has 0 heterocycles. The summed E-state index contributed by atoms with van der Waals surface area (Å²) in [5, 5.41) is 0. The minimum Gasteiger partial charge on any atom is -0.316 e. The van der Waals surface area contributed by atoms with Gasteiger partial charge in [0, 0.05) is 17.1 Å². The van der Waals surface area contributed by atoms with Crippen LogP contribution in [0.25, 0.3) is 0 Å². The predicted molar refractivity (Wildman–Crippen MR) is 101 cm³/mol. The molecule has 0 saturated carbocycles. The third kappa shape index (κ3) is 8.11. The summed E-state index contributed by atoms with van der Waals surface area (Å²) in [7, 11) is 0. The van der Waals surface area contributed by atoms with Crippen LogP contribution in [0.5, 0.6) is 0 Å². The lowest BCUT2D eigenvalue weighted by Crippen LogP contribution is -2.17. The maximum atomic E-state index is 4.14. The summed E-state index contributed by atoms with van der Waals surface area (Å²) < 4.78 is 0. The van der Waals surface area contributed by atoms with E-state index >= 15 is 0 Å². The van der Waals surface area contributed by atoms with Gasteiger partial charge in [-0.3, -0.25) is 0 Å². The quantitative estimate of drug-likeness (QED) is 0.465. The average Bonchev–Trinajstić information content (AvgIpc) is 2.40. The van der Waals surface area contributed by atoms with Gasteiger partial charge in [-0.05, 0) is 52.8 Å². The summed E-state index contributed by atoms with van der Waals surface area (Å²) in [5.74, 6) is 0. The lowest BCUT2D eigenvalue weighted by Gasteiger charge is -2.26. The third-order valence-corrected chi connectivity index (χ3v) is 2.71. The van der Waals surface area contributed by atoms with E-state index in [9.17, 15) is 0 Å². The van der Waals surface area contributed by atoms with Crippen LogP contribution < -0.4 is 0 Å². The lowest BCUT2D eigenvalue weighted by atomic mass is 10.2. The normalized spacial score (nSPS) is 11.6. The summed E-state index contributed by atoms with van der Waals surface area (Å²) >= 11 is 0. The molecule has 118 valence electrons. The first-order chi connectivity index (χ1) is 10.1. The summed E-state index contributed by atoms with van der Waals surface area (Å²) in [6, 6.07) is 0. The van der Waals surface area contributed by atoms with Gasteiger partial charge in [0.15, 0.2) is 0 Å². The standard InChI is InChI=1S/C21H29N/c1-16(2)10-13-19(7)22(20(8)14-11-17(3)4)21(9)15-12-18(5)6/h10-15H,1,3,7-8H2,2,4-6,9H3/b13-10-,14-11-,21-15+. The maximum Gasteiger partial charge on any atom is 0.0386 e. The molecule has 0 aromatic rings. The largest absolute Gasteiger partial charge is 0.316 e. The number of allylic oxidation sites excluding steroid dienone is 10. The fraction of sp³-hybridized carbons (Fsp3) is 0.238. The Kier molecular flexibility index (Phi) is 8.62. The van der Waals surface area contributed by atoms with E-state index in [0.29, 0.717) is 0 Å². The highest BCUT2D eigenvalue weighted by Crippen LogP contribution is 2.21. The van der Waals surface area contributed by atoms with Gasteiger partial charge in [-0.25, -0.2) is 0 Å². The van der Waals surface area contributed by atoms with Gasteiger partial charge in [0.25, 0.3) is 0 Å². The van der Waals surface area contributed by atoms with Crippen LogP contribution in [0.2, 0.25) is 0 Å². The van der Waals surface area contributed by atoms with E-state index in [4.69, 9.17) is 0 Å². The van der Waals surface area contributed by atoms with Crippen molar-refractivity contribution in [1.29, 1.82) is 0 Å². The van der Waals surface area contributed by atoms with Crippen molar-refractivity contribution in [1.82, 2.24) is 4.90 Å². The van der Waals surface area contributed by atoms with E-state index in [-0.39, 0.29) is 0 Å². The van der Waals surface area contributed by atoms with Gasteiger partial charge in [0.1, 0.15) is 0 Å². The van der Waals surface area contributed by atoms with Gasteiger partial charge < -0.3 is 4.90 Å². The molecule has 0 fully saturated rings. The Hall–Kier alpha value is -2.28. The zero-order valence-corrected chi connectivity index (χ0v) is 14.7. The Balaban J connectivity index is 5.57. The zero-order chi connectivity index (χ0) is 17.3. The van der Waals surface area contributed by atoms with Crippen LogP contribution in [0.1, 0.15) is 34.6 Å². The molecular weight excluding hydrogens is 266 g/mol. The summed E-state index contributed by atoms with van der Waals surface area (Å²) in [6.45, 7) is 26.1. The second kappa shape index (κ2) is 9.62. The van der Waals surface area contributed by atoms with E-state index in [1.807, 2.05) is 50.0 Å². The van der Waals surface area contributed by atoms with Crippen molar-refractivity contribution >= 4 is 0 Å². The van der Waals surface area contributed by atoms with Crippen LogP contribution in [-0.2, 0) is 0 Å². The maximum absolute atomic E-state index is 4.14. The highest BCUT2D eigenvalue weighted by molar-refractivity contribution is 5.35. The van der Waals surface area contributed by atoms with E-state index in [1.165, 1.54) is 5.57 Å². The predicted octanol–water partition coefficient (Wildman–Crippen LogP) is 6.45. The van der Waals surface area contributed by atoms with Crippen LogP contribution in [0.3, 0.4) is 0 Å². The van der Waals surface area contributed by atoms with Crippen LogP contribution in [-0.4, -0.2) is 4.90 Å². The van der Waals surface area contributed by atoms with Gasteiger partial charge in [-0.2, -0.15) is 0 Å². The Morgan fingerprint density at radius 1 is 0.636 bits per heavy atom. The Morgan fingerprint density at radius 2 is 1.05 bits per heavy atom. The van der Waals surface area contributed by atoms with Crippen molar-refractivity contribution in [3.05, 3.63) is 96.6 Å². The molecule has 0 rings (SSSR count). The lowest BCUT2D eigenvalue weighted by molar-refractivity contribution is 0.565.